The molecule has 2 atom stereocenters. The van der Waals surface area contributed by atoms with E-state index in [1.54, 1.807) is 0 Å². The van der Waals surface area contributed by atoms with E-state index >= 15 is 0 Å². The molecular formula is C14H19N3O2. The van der Waals surface area contributed by atoms with Crippen molar-refractivity contribution in [1.82, 2.24) is 10.6 Å². The highest BCUT2D eigenvalue weighted by atomic mass is 16.2. The first-order valence-electron chi connectivity index (χ1n) is 6.52. The molecule has 4 N–H and O–H groups in total. The van der Waals surface area contributed by atoms with Crippen molar-refractivity contribution in [1.29, 1.82) is 0 Å². The van der Waals surface area contributed by atoms with Crippen molar-refractivity contribution in [3.8, 4) is 0 Å². The monoisotopic (exact) mass is 261 g/mol. The first-order chi connectivity index (χ1) is 9.15. The van der Waals surface area contributed by atoms with Gasteiger partial charge in [0.2, 0.25) is 11.8 Å². The molecule has 1 unspecified atom stereocenters. The fourth-order valence-electron chi connectivity index (χ4n) is 2.15. The molecule has 5 heteroatoms. The zero-order chi connectivity index (χ0) is 13.7. The fraction of sp³-hybridized carbons (Fsp3) is 0.429. The highest BCUT2D eigenvalue weighted by molar-refractivity contribution is 5.82. The summed E-state index contributed by atoms with van der Waals surface area (Å²) in [5.74, 6) is -0.127. The van der Waals surface area contributed by atoms with E-state index < -0.39 is 6.04 Å². The fourth-order valence-corrected chi connectivity index (χ4v) is 2.15. The predicted molar refractivity (Wildman–Crippen MR) is 72.3 cm³/mol. The summed E-state index contributed by atoms with van der Waals surface area (Å²) in [6.45, 7) is 0.451. The molecule has 0 spiro atoms. The molecule has 0 aliphatic carbocycles. The molecule has 1 heterocycles. The largest absolute Gasteiger partial charge is 0.353 e. The average molecular weight is 261 g/mol. The summed E-state index contributed by atoms with van der Waals surface area (Å²) < 4.78 is 0. The lowest BCUT2D eigenvalue weighted by molar-refractivity contribution is -0.123. The molecule has 1 aliphatic rings. The number of carbonyl (C=O) groups is 2. The number of rotatable bonds is 5. The Morgan fingerprint density at radius 2 is 2.16 bits per heavy atom. The van der Waals surface area contributed by atoms with Crippen LogP contribution in [0.1, 0.15) is 18.4 Å². The summed E-state index contributed by atoms with van der Waals surface area (Å²) in [5.41, 5.74) is 6.90. The molecule has 102 valence electrons. The van der Waals surface area contributed by atoms with Crippen LogP contribution in [0.3, 0.4) is 0 Å². The van der Waals surface area contributed by atoms with Crippen LogP contribution < -0.4 is 16.4 Å². The third-order valence-electron chi connectivity index (χ3n) is 3.24. The zero-order valence-corrected chi connectivity index (χ0v) is 10.8. The normalized spacial score (nSPS) is 19.8. The van der Waals surface area contributed by atoms with E-state index in [0.29, 0.717) is 19.4 Å². The smallest absolute Gasteiger partial charge is 0.237 e. The van der Waals surface area contributed by atoms with Crippen LogP contribution in [0.25, 0.3) is 0 Å². The minimum absolute atomic E-state index is 0.0420. The van der Waals surface area contributed by atoms with E-state index in [2.05, 4.69) is 10.6 Å². The van der Waals surface area contributed by atoms with Crippen molar-refractivity contribution in [3.63, 3.8) is 0 Å². The molecule has 1 saturated heterocycles. The van der Waals surface area contributed by atoms with Gasteiger partial charge < -0.3 is 16.4 Å². The maximum Gasteiger partial charge on any atom is 0.237 e. The quantitative estimate of drug-likeness (QED) is 0.695. The molecule has 5 nitrogen and oxygen atoms in total. The Morgan fingerprint density at radius 1 is 1.42 bits per heavy atom. The Labute approximate surface area is 112 Å². The summed E-state index contributed by atoms with van der Waals surface area (Å²) in [7, 11) is 0. The Balaban J connectivity index is 1.75. The molecule has 1 fully saturated rings. The van der Waals surface area contributed by atoms with Gasteiger partial charge in [-0.05, 0) is 18.4 Å². The first-order valence-corrected chi connectivity index (χ1v) is 6.52. The van der Waals surface area contributed by atoms with E-state index in [1.807, 2.05) is 30.3 Å². The van der Waals surface area contributed by atoms with Gasteiger partial charge in [-0.25, -0.2) is 0 Å². The Morgan fingerprint density at radius 3 is 2.79 bits per heavy atom. The molecule has 19 heavy (non-hydrogen) atoms. The molecule has 0 saturated carbocycles. The van der Waals surface area contributed by atoms with Gasteiger partial charge in [0.1, 0.15) is 0 Å². The maximum absolute atomic E-state index is 11.8. The number of hydrogen-bond acceptors (Lipinski definition) is 3. The minimum Gasteiger partial charge on any atom is -0.353 e. The van der Waals surface area contributed by atoms with Gasteiger partial charge in [0, 0.05) is 19.0 Å². The minimum atomic E-state index is -0.556. The average Bonchev–Trinajstić information content (AvgIpc) is 2.83. The van der Waals surface area contributed by atoms with Gasteiger partial charge in [-0.15, -0.1) is 0 Å². The van der Waals surface area contributed by atoms with E-state index in [0.717, 1.165) is 12.0 Å². The van der Waals surface area contributed by atoms with Crippen molar-refractivity contribution in [2.24, 2.45) is 5.73 Å². The predicted octanol–water partition coefficient (Wildman–Crippen LogP) is -0.0488. The topological polar surface area (TPSA) is 84.2 Å². The second kappa shape index (κ2) is 6.33. The summed E-state index contributed by atoms with van der Waals surface area (Å²) in [6, 6.07) is 9.16. The van der Waals surface area contributed by atoms with Gasteiger partial charge in [0.15, 0.2) is 0 Å². The summed E-state index contributed by atoms with van der Waals surface area (Å²) in [6.07, 6.45) is 1.83. The molecule has 0 radical (unpaired) electrons. The molecular weight excluding hydrogens is 242 g/mol. The SMILES string of the molecule is N[C@@H](Cc1ccccc1)C(=O)NCC1CCC(=O)N1. The van der Waals surface area contributed by atoms with Gasteiger partial charge in [0.05, 0.1) is 6.04 Å². The number of benzene rings is 1. The van der Waals surface area contributed by atoms with Crippen molar-refractivity contribution >= 4 is 11.8 Å². The Kier molecular flexibility index (Phi) is 4.52. The lowest BCUT2D eigenvalue weighted by atomic mass is 10.1. The van der Waals surface area contributed by atoms with Gasteiger partial charge in [0.25, 0.3) is 0 Å². The Bertz CT molecular complexity index is 447. The van der Waals surface area contributed by atoms with Crippen LogP contribution in [0.5, 0.6) is 0 Å². The van der Waals surface area contributed by atoms with Crippen LogP contribution in [0, 0.1) is 0 Å². The van der Waals surface area contributed by atoms with Crippen molar-refractivity contribution < 1.29 is 9.59 Å². The highest BCUT2D eigenvalue weighted by Gasteiger charge is 2.22. The van der Waals surface area contributed by atoms with E-state index in [-0.39, 0.29) is 17.9 Å². The van der Waals surface area contributed by atoms with Crippen LogP contribution >= 0.6 is 0 Å². The molecule has 0 bridgehead atoms. The lowest BCUT2D eigenvalue weighted by Gasteiger charge is -2.15. The van der Waals surface area contributed by atoms with Crippen LogP contribution in [-0.4, -0.2) is 30.4 Å². The maximum atomic E-state index is 11.8. The Hall–Kier alpha value is -1.88. The van der Waals surface area contributed by atoms with Crippen molar-refractivity contribution in [2.45, 2.75) is 31.3 Å². The first kappa shape index (κ1) is 13.5. The molecule has 2 rings (SSSR count). The summed E-state index contributed by atoms with van der Waals surface area (Å²) >= 11 is 0. The number of nitrogens with one attached hydrogen (secondary N) is 2. The second-order valence-corrected chi connectivity index (χ2v) is 4.84. The third-order valence-corrected chi connectivity index (χ3v) is 3.24. The van der Waals surface area contributed by atoms with Gasteiger partial charge in [-0.3, -0.25) is 9.59 Å². The van der Waals surface area contributed by atoms with Crippen LogP contribution in [0.2, 0.25) is 0 Å². The van der Waals surface area contributed by atoms with Gasteiger partial charge in [-0.2, -0.15) is 0 Å². The van der Waals surface area contributed by atoms with E-state index in [1.165, 1.54) is 0 Å². The van der Waals surface area contributed by atoms with Crippen molar-refractivity contribution in [3.05, 3.63) is 35.9 Å². The van der Waals surface area contributed by atoms with Gasteiger partial charge in [-0.1, -0.05) is 30.3 Å². The highest BCUT2D eigenvalue weighted by Crippen LogP contribution is 2.05. The van der Waals surface area contributed by atoms with Crippen LogP contribution in [0.4, 0.5) is 0 Å². The molecule has 1 aromatic carbocycles. The number of hydrogen-bond donors (Lipinski definition) is 3. The molecule has 0 aromatic heterocycles. The summed E-state index contributed by atoms with van der Waals surface area (Å²) in [4.78, 5) is 22.9. The molecule has 2 amide bonds. The molecule has 1 aromatic rings. The molecule has 1 aliphatic heterocycles. The zero-order valence-electron chi connectivity index (χ0n) is 10.8. The van der Waals surface area contributed by atoms with Crippen LogP contribution in [-0.2, 0) is 16.0 Å². The second-order valence-electron chi connectivity index (χ2n) is 4.84. The van der Waals surface area contributed by atoms with Gasteiger partial charge >= 0.3 is 0 Å². The number of carbonyl (C=O) groups excluding carboxylic acids is 2. The van der Waals surface area contributed by atoms with Crippen LogP contribution in [0.15, 0.2) is 30.3 Å². The summed E-state index contributed by atoms with van der Waals surface area (Å²) in [5, 5.41) is 5.59. The standard InChI is InChI=1S/C14H19N3O2/c15-12(8-10-4-2-1-3-5-10)14(19)16-9-11-6-7-13(18)17-11/h1-5,11-12H,6-9,15H2,(H,16,19)(H,17,18)/t11?,12-/m0/s1. The van der Waals surface area contributed by atoms with Crippen molar-refractivity contribution in [2.75, 3.05) is 6.54 Å². The van der Waals surface area contributed by atoms with E-state index in [4.69, 9.17) is 5.73 Å². The number of nitrogens with two attached hydrogens (primary N) is 1. The number of amides is 2. The lowest BCUT2D eigenvalue weighted by Crippen LogP contribution is -2.46. The third kappa shape index (κ3) is 4.06. The van der Waals surface area contributed by atoms with E-state index in [9.17, 15) is 9.59 Å².